The van der Waals surface area contributed by atoms with Crippen LogP contribution in [0.25, 0.3) is 6.08 Å². The molecule has 0 atom stereocenters. The van der Waals surface area contributed by atoms with Crippen LogP contribution in [-0.4, -0.2) is 25.1 Å². The Hall–Kier alpha value is -3.28. The number of halogens is 2. The van der Waals surface area contributed by atoms with Crippen molar-refractivity contribution < 1.29 is 19.0 Å². The van der Waals surface area contributed by atoms with Gasteiger partial charge in [-0.25, -0.2) is 9.79 Å². The minimum Gasteiger partial charge on any atom is -0.489 e. The molecule has 0 aromatic heterocycles. The third-order valence-electron chi connectivity index (χ3n) is 4.59. The van der Waals surface area contributed by atoms with Gasteiger partial charge in [-0.3, -0.25) is 0 Å². The summed E-state index contributed by atoms with van der Waals surface area (Å²) in [6, 6.07) is 20.0. The molecule has 0 spiro atoms. The number of hydrogen-bond donors (Lipinski definition) is 0. The second-order valence-corrected chi connectivity index (χ2v) is 7.86. The number of benzene rings is 3. The van der Waals surface area contributed by atoms with E-state index in [9.17, 15) is 4.79 Å². The summed E-state index contributed by atoms with van der Waals surface area (Å²) in [5.41, 5.74) is 2.69. The van der Waals surface area contributed by atoms with E-state index in [4.69, 9.17) is 37.4 Å². The summed E-state index contributed by atoms with van der Waals surface area (Å²) in [6.45, 7) is 2.52. The Bertz CT molecular complexity index is 1210. The molecule has 1 aliphatic heterocycles. The fourth-order valence-corrected chi connectivity index (χ4v) is 3.53. The van der Waals surface area contributed by atoms with Gasteiger partial charge in [0.1, 0.15) is 24.7 Å². The molecule has 0 unspecified atom stereocenters. The summed E-state index contributed by atoms with van der Waals surface area (Å²) in [5, 5.41) is 0.976. The summed E-state index contributed by atoms with van der Waals surface area (Å²) in [4.78, 5) is 16.7. The number of carbonyl (C=O) groups is 1. The van der Waals surface area contributed by atoms with Gasteiger partial charge in [-0.05, 0) is 55.5 Å². The Morgan fingerprint density at radius 2 is 1.66 bits per heavy atom. The average molecular weight is 468 g/mol. The van der Waals surface area contributed by atoms with Crippen molar-refractivity contribution in [3.63, 3.8) is 0 Å². The molecule has 3 aromatic carbocycles. The zero-order valence-electron chi connectivity index (χ0n) is 17.2. The molecule has 5 nitrogen and oxygen atoms in total. The van der Waals surface area contributed by atoms with Crippen LogP contribution < -0.4 is 9.47 Å². The van der Waals surface area contributed by atoms with Crippen LogP contribution in [0, 0.1) is 6.92 Å². The van der Waals surface area contributed by atoms with Crippen LogP contribution in [0.3, 0.4) is 0 Å². The Morgan fingerprint density at radius 1 is 0.938 bits per heavy atom. The predicted molar refractivity (Wildman–Crippen MR) is 126 cm³/mol. The van der Waals surface area contributed by atoms with Crippen molar-refractivity contribution in [1.29, 1.82) is 0 Å². The van der Waals surface area contributed by atoms with Gasteiger partial charge < -0.3 is 14.2 Å². The Kier molecular flexibility index (Phi) is 6.78. The molecule has 32 heavy (non-hydrogen) atoms. The summed E-state index contributed by atoms with van der Waals surface area (Å²) in [6.07, 6.45) is 1.66. The van der Waals surface area contributed by atoms with Gasteiger partial charge in [0.25, 0.3) is 0 Å². The van der Waals surface area contributed by atoms with Crippen molar-refractivity contribution in [2.24, 2.45) is 4.99 Å². The maximum atomic E-state index is 12.3. The molecule has 0 fully saturated rings. The third kappa shape index (κ3) is 5.31. The topological polar surface area (TPSA) is 57.1 Å². The molecule has 0 radical (unpaired) electrons. The van der Waals surface area contributed by atoms with Crippen LogP contribution in [0.4, 0.5) is 0 Å². The van der Waals surface area contributed by atoms with Gasteiger partial charge in [-0.1, -0.05) is 53.0 Å². The number of carbonyl (C=O) groups excluding carboxylic acids is 1. The van der Waals surface area contributed by atoms with Crippen molar-refractivity contribution in [3.05, 3.63) is 99.2 Å². The predicted octanol–water partition coefficient (Wildman–Crippen LogP) is 6.10. The lowest BCUT2D eigenvalue weighted by Gasteiger charge is -2.12. The van der Waals surface area contributed by atoms with Crippen molar-refractivity contribution in [1.82, 2.24) is 0 Å². The number of nitrogens with zero attached hydrogens (tertiary/aromatic N) is 1. The van der Waals surface area contributed by atoms with E-state index in [0.29, 0.717) is 21.5 Å². The normalized spacial score (nSPS) is 14.3. The van der Waals surface area contributed by atoms with Gasteiger partial charge in [0.05, 0.1) is 5.02 Å². The van der Waals surface area contributed by atoms with Gasteiger partial charge in [-0.2, -0.15) is 0 Å². The molecule has 0 saturated heterocycles. The van der Waals surface area contributed by atoms with Crippen LogP contribution in [0.15, 0.2) is 77.4 Å². The Labute approximate surface area is 195 Å². The van der Waals surface area contributed by atoms with Crippen LogP contribution in [0.2, 0.25) is 10.0 Å². The van der Waals surface area contributed by atoms with Gasteiger partial charge in [-0.15, -0.1) is 0 Å². The molecule has 4 rings (SSSR count). The van der Waals surface area contributed by atoms with E-state index in [1.54, 1.807) is 24.3 Å². The number of esters is 1. The molecule has 3 aromatic rings. The van der Waals surface area contributed by atoms with E-state index >= 15 is 0 Å². The minimum atomic E-state index is -0.503. The first-order valence-corrected chi connectivity index (χ1v) is 10.6. The molecule has 7 heteroatoms. The number of cyclic esters (lactones) is 1. The molecular weight excluding hydrogens is 449 g/mol. The van der Waals surface area contributed by atoms with E-state index in [1.807, 2.05) is 55.5 Å². The fraction of sp³-hybridized carbons (Fsp3) is 0.120. The zero-order chi connectivity index (χ0) is 22.5. The highest BCUT2D eigenvalue weighted by atomic mass is 35.5. The second kappa shape index (κ2) is 9.90. The van der Waals surface area contributed by atoms with Crippen molar-refractivity contribution >= 4 is 41.1 Å². The summed E-state index contributed by atoms with van der Waals surface area (Å²) >= 11 is 12.0. The summed E-state index contributed by atoms with van der Waals surface area (Å²) in [7, 11) is 0. The SMILES string of the molecule is Cc1ccc(OCCOc2ccc(Cl)cc2Cl)c(/C=C2/N=C(c3ccccc3)OC2=O)c1. The molecule has 0 amide bonds. The molecule has 1 heterocycles. The lowest BCUT2D eigenvalue weighted by atomic mass is 10.1. The number of rotatable bonds is 7. The largest absolute Gasteiger partial charge is 0.489 e. The van der Waals surface area contributed by atoms with E-state index in [0.717, 1.165) is 16.7 Å². The minimum absolute atomic E-state index is 0.212. The molecule has 1 aliphatic rings. The van der Waals surface area contributed by atoms with Gasteiger partial charge in [0.2, 0.25) is 5.90 Å². The van der Waals surface area contributed by atoms with Gasteiger partial charge in [0, 0.05) is 16.1 Å². The highest BCUT2D eigenvalue weighted by Gasteiger charge is 2.24. The van der Waals surface area contributed by atoms with Crippen LogP contribution in [0.1, 0.15) is 16.7 Å². The smallest absolute Gasteiger partial charge is 0.363 e. The molecular formula is C25H19Cl2NO4. The molecule has 0 aliphatic carbocycles. The first-order chi connectivity index (χ1) is 15.5. The molecule has 0 N–H and O–H groups in total. The van der Waals surface area contributed by atoms with Crippen molar-refractivity contribution in [2.45, 2.75) is 6.92 Å². The van der Waals surface area contributed by atoms with Crippen molar-refractivity contribution in [2.75, 3.05) is 13.2 Å². The van der Waals surface area contributed by atoms with Gasteiger partial charge in [0.15, 0.2) is 5.70 Å². The molecule has 0 bridgehead atoms. The Morgan fingerprint density at radius 3 is 2.41 bits per heavy atom. The molecule has 162 valence electrons. The number of aliphatic imine (C=N–C) groups is 1. The second-order valence-electron chi connectivity index (χ2n) is 7.02. The van der Waals surface area contributed by atoms with Gasteiger partial charge >= 0.3 is 5.97 Å². The Balaban J connectivity index is 1.47. The van der Waals surface area contributed by atoms with E-state index in [2.05, 4.69) is 4.99 Å². The number of ether oxygens (including phenoxy) is 3. The van der Waals surface area contributed by atoms with E-state index < -0.39 is 5.97 Å². The fourth-order valence-electron chi connectivity index (χ4n) is 3.07. The first kappa shape index (κ1) is 21.9. The summed E-state index contributed by atoms with van der Waals surface area (Å²) in [5.74, 6) is 0.912. The maximum Gasteiger partial charge on any atom is 0.363 e. The average Bonchev–Trinajstić information content (AvgIpc) is 3.14. The lowest BCUT2D eigenvalue weighted by molar-refractivity contribution is -0.129. The number of hydrogen-bond acceptors (Lipinski definition) is 5. The zero-order valence-corrected chi connectivity index (χ0v) is 18.7. The van der Waals surface area contributed by atoms with E-state index in [1.165, 1.54) is 0 Å². The van der Waals surface area contributed by atoms with Crippen LogP contribution in [-0.2, 0) is 9.53 Å². The standard InChI is InChI=1S/C25H19Cl2NO4/c1-16-7-9-22(30-11-12-31-23-10-8-19(26)15-20(23)27)18(13-16)14-21-25(29)32-24(28-21)17-5-3-2-4-6-17/h2-10,13-15H,11-12H2,1H3/b21-14+. The highest BCUT2D eigenvalue weighted by molar-refractivity contribution is 6.35. The lowest BCUT2D eigenvalue weighted by Crippen LogP contribution is -2.10. The highest BCUT2D eigenvalue weighted by Crippen LogP contribution is 2.28. The summed E-state index contributed by atoms with van der Waals surface area (Å²) < 4.78 is 16.9. The third-order valence-corrected chi connectivity index (χ3v) is 5.12. The first-order valence-electron chi connectivity index (χ1n) is 9.89. The van der Waals surface area contributed by atoms with Crippen molar-refractivity contribution in [3.8, 4) is 11.5 Å². The van der Waals surface area contributed by atoms with E-state index in [-0.39, 0.29) is 24.8 Å². The van der Waals surface area contributed by atoms with Crippen LogP contribution in [0.5, 0.6) is 11.5 Å². The van der Waals surface area contributed by atoms with Crippen LogP contribution >= 0.6 is 23.2 Å². The molecule has 0 saturated carbocycles. The maximum absolute atomic E-state index is 12.3. The monoisotopic (exact) mass is 467 g/mol. The quantitative estimate of drug-likeness (QED) is 0.239. The number of aryl methyl sites for hydroxylation is 1.